The van der Waals surface area contributed by atoms with Gasteiger partial charge in [-0.2, -0.15) is 0 Å². The molecule has 0 bridgehead atoms. The van der Waals surface area contributed by atoms with Crippen molar-refractivity contribution in [1.82, 2.24) is 4.90 Å². The quantitative estimate of drug-likeness (QED) is 0.908. The van der Waals surface area contributed by atoms with E-state index in [9.17, 15) is 4.79 Å². The van der Waals surface area contributed by atoms with Crippen LogP contribution in [0.3, 0.4) is 0 Å². The van der Waals surface area contributed by atoms with E-state index in [1.54, 1.807) is 0 Å². The first-order valence-corrected chi connectivity index (χ1v) is 7.09. The molecular weight excluding hydrogens is 256 g/mol. The van der Waals surface area contributed by atoms with Crippen molar-refractivity contribution >= 4 is 5.91 Å². The summed E-state index contributed by atoms with van der Waals surface area (Å²) in [5, 5.41) is 0. The second-order valence-electron chi connectivity index (χ2n) is 5.52. The van der Waals surface area contributed by atoms with Gasteiger partial charge in [0.25, 0.3) is 0 Å². The number of hydrogen-bond acceptors (Lipinski definition) is 4. The van der Waals surface area contributed by atoms with Gasteiger partial charge in [-0.1, -0.05) is 6.07 Å². The highest BCUT2D eigenvalue weighted by Gasteiger charge is 2.42. The zero-order valence-corrected chi connectivity index (χ0v) is 11.7. The third-order valence-corrected chi connectivity index (χ3v) is 4.15. The van der Waals surface area contributed by atoms with Crippen molar-refractivity contribution in [1.29, 1.82) is 0 Å². The number of fused-ring (bicyclic) bond motifs is 1. The van der Waals surface area contributed by atoms with Crippen LogP contribution in [-0.2, 0) is 11.3 Å². The Kier molecular flexibility index (Phi) is 3.30. The summed E-state index contributed by atoms with van der Waals surface area (Å²) in [7, 11) is 0. The number of carbonyl (C=O) groups excluding carboxylic acids is 1. The van der Waals surface area contributed by atoms with E-state index in [-0.39, 0.29) is 12.7 Å². The number of likely N-dealkylation sites (N-methyl/N-ethyl adjacent to an activating group) is 1. The molecule has 1 aliphatic heterocycles. The number of amides is 1. The molecule has 1 aromatic rings. The molecule has 5 nitrogen and oxygen atoms in total. The molecule has 0 saturated heterocycles. The second-order valence-corrected chi connectivity index (χ2v) is 5.52. The van der Waals surface area contributed by atoms with Crippen molar-refractivity contribution in [3.8, 4) is 11.5 Å². The highest BCUT2D eigenvalue weighted by molar-refractivity contribution is 5.87. The molecule has 1 saturated carbocycles. The van der Waals surface area contributed by atoms with Crippen LogP contribution in [0.1, 0.15) is 31.7 Å². The van der Waals surface area contributed by atoms with Crippen molar-refractivity contribution in [2.24, 2.45) is 5.73 Å². The van der Waals surface area contributed by atoms with Crippen molar-refractivity contribution in [2.75, 3.05) is 13.3 Å². The summed E-state index contributed by atoms with van der Waals surface area (Å²) in [5.74, 6) is 1.57. The lowest BCUT2D eigenvalue weighted by Crippen LogP contribution is -2.59. The summed E-state index contributed by atoms with van der Waals surface area (Å²) >= 11 is 0. The first kappa shape index (κ1) is 13.2. The van der Waals surface area contributed by atoms with E-state index in [0.717, 1.165) is 36.3 Å². The predicted molar refractivity (Wildman–Crippen MR) is 74.4 cm³/mol. The largest absolute Gasteiger partial charge is 0.454 e. The summed E-state index contributed by atoms with van der Waals surface area (Å²) in [6.45, 7) is 3.46. The van der Waals surface area contributed by atoms with Gasteiger partial charge in [-0.05, 0) is 43.9 Å². The normalized spacial score (nSPS) is 18.5. The summed E-state index contributed by atoms with van der Waals surface area (Å²) in [6.07, 6.45) is 2.64. The lowest BCUT2D eigenvalue weighted by molar-refractivity contribution is -0.140. The number of hydrogen-bond donors (Lipinski definition) is 1. The molecule has 1 aromatic carbocycles. The number of nitrogens with two attached hydrogens (primary N) is 1. The maximum atomic E-state index is 12.5. The zero-order chi connectivity index (χ0) is 14.2. The van der Waals surface area contributed by atoms with E-state index >= 15 is 0 Å². The van der Waals surface area contributed by atoms with Crippen LogP contribution < -0.4 is 15.2 Å². The van der Waals surface area contributed by atoms with E-state index in [1.807, 2.05) is 30.0 Å². The molecule has 1 fully saturated rings. The third kappa shape index (κ3) is 2.22. The van der Waals surface area contributed by atoms with Crippen molar-refractivity contribution in [2.45, 2.75) is 38.3 Å². The molecule has 5 heteroatoms. The van der Waals surface area contributed by atoms with Gasteiger partial charge in [-0.15, -0.1) is 0 Å². The van der Waals surface area contributed by atoms with Crippen LogP contribution in [0.25, 0.3) is 0 Å². The van der Waals surface area contributed by atoms with Gasteiger partial charge in [0.2, 0.25) is 12.7 Å². The molecule has 2 aliphatic rings. The molecule has 1 aliphatic carbocycles. The molecule has 0 atom stereocenters. The maximum Gasteiger partial charge on any atom is 0.242 e. The van der Waals surface area contributed by atoms with Gasteiger partial charge >= 0.3 is 0 Å². The first-order valence-electron chi connectivity index (χ1n) is 7.09. The summed E-state index contributed by atoms with van der Waals surface area (Å²) in [4.78, 5) is 14.3. The topological polar surface area (TPSA) is 64.8 Å². The fourth-order valence-electron chi connectivity index (χ4n) is 2.67. The smallest absolute Gasteiger partial charge is 0.242 e. The molecule has 0 spiro atoms. The Morgan fingerprint density at radius 3 is 2.75 bits per heavy atom. The van der Waals surface area contributed by atoms with E-state index in [2.05, 4.69) is 0 Å². The Morgan fingerprint density at radius 1 is 1.35 bits per heavy atom. The number of carbonyl (C=O) groups is 1. The molecular formula is C15H20N2O3. The van der Waals surface area contributed by atoms with Crippen LogP contribution in [0, 0.1) is 0 Å². The van der Waals surface area contributed by atoms with E-state index in [1.165, 1.54) is 0 Å². The fraction of sp³-hybridized carbons (Fsp3) is 0.533. The maximum absolute atomic E-state index is 12.5. The number of benzene rings is 1. The molecule has 0 unspecified atom stereocenters. The number of nitrogens with zero attached hydrogens (tertiary/aromatic N) is 1. The van der Waals surface area contributed by atoms with Crippen LogP contribution in [0.15, 0.2) is 18.2 Å². The Morgan fingerprint density at radius 2 is 2.10 bits per heavy atom. The van der Waals surface area contributed by atoms with Gasteiger partial charge in [-0.3, -0.25) is 4.79 Å². The fourth-order valence-corrected chi connectivity index (χ4v) is 2.67. The average molecular weight is 276 g/mol. The van der Waals surface area contributed by atoms with Crippen molar-refractivity contribution < 1.29 is 14.3 Å². The number of ether oxygens (including phenoxy) is 2. The SMILES string of the molecule is CCN(Cc1ccc2c(c1)OCO2)C(=O)C1(N)CCC1. The van der Waals surface area contributed by atoms with E-state index in [0.29, 0.717) is 13.1 Å². The Labute approximate surface area is 118 Å². The minimum Gasteiger partial charge on any atom is -0.454 e. The van der Waals surface area contributed by atoms with Gasteiger partial charge in [0.1, 0.15) is 0 Å². The van der Waals surface area contributed by atoms with Gasteiger partial charge in [0, 0.05) is 13.1 Å². The summed E-state index contributed by atoms with van der Waals surface area (Å²) < 4.78 is 10.7. The minimum atomic E-state index is -0.633. The Hall–Kier alpha value is -1.75. The van der Waals surface area contributed by atoms with Crippen LogP contribution in [0.5, 0.6) is 11.5 Å². The standard InChI is InChI=1S/C15H20N2O3/c1-2-17(14(18)15(16)6-3-7-15)9-11-4-5-12-13(8-11)20-10-19-12/h4-5,8H,2-3,6-7,9-10,16H2,1H3. The minimum absolute atomic E-state index is 0.0592. The Balaban J connectivity index is 1.73. The third-order valence-electron chi connectivity index (χ3n) is 4.15. The molecule has 20 heavy (non-hydrogen) atoms. The highest BCUT2D eigenvalue weighted by atomic mass is 16.7. The van der Waals surface area contributed by atoms with Crippen LogP contribution in [0.4, 0.5) is 0 Å². The van der Waals surface area contributed by atoms with Crippen LogP contribution in [0.2, 0.25) is 0 Å². The summed E-state index contributed by atoms with van der Waals surface area (Å²) in [6, 6.07) is 5.78. The zero-order valence-electron chi connectivity index (χ0n) is 11.7. The highest BCUT2D eigenvalue weighted by Crippen LogP contribution is 2.34. The average Bonchev–Trinajstić information content (AvgIpc) is 2.88. The van der Waals surface area contributed by atoms with Gasteiger partial charge in [-0.25, -0.2) is 0 Å². The number of rotatable bonds is 4. The molecule has 3 rings (SSSR count). The summed E-state index contributed by atoms with van der Waals surface area (Å²) in [5.41, 5.74) is 6.53. The second kappa shape index (κ2) is 4.98. The van der Waals surface area contributed by atoms with Gasteiger partial charge < -0.3 is 20.1 Å². The molecule has 1 heterocycles. The van der Waals surface area contributed by atoms with Gasteiger partial charge in [0.15, 0.2) is 11.5 Å². The molecule has 1 amide bonds. The monoisotopic (exact) mass is 276 g/mol. The van der Waals surface area contributed by atoms with Crippen molar-refractivity contribution in [3.63, 3.8) is 0 Å². The lowest BCUT2D eigenvalue weighted by Gasteiger charge is -2.40. The van der Waals surface area contributed by atoms with E-state index in [4.69, 9.17) is 15.2 Å². The predicted octanol–water partition coefficient (Wildman–Crippen LogP) is 1.65. The first-order chi connectivity index (χ1) is 9.62. The van der Waals surface area contributed by atoms with E-state index < -0.39 is 5.54 Å². The van der Waals surface area contributed by atoms with Crippen LogP contribution >= 0.6 is 0 Å². The molecule has 0 radical (unpaired) electrons. The lowest BCUT2D eigenvalue weighted by atomic mass is 9.76. The molecule has 0 aromatic heterocycles. The van der Waals surface area contributed by atoms with Crippen LogP contribution in [-0.4, -0.2) is 29.7 Å². The molecule has 2 N–H and O–H groups in total. The Bertz CT molecular complexity index is 526. The van der Waals surface area contributed by atoms with Gasteiger partial charge in [0.05, 0.1) is 5.54 Å². The van der Waals surface area contributed by atoms with Crippen molar-refractivity contribution in [3.05, 3.63) is 23.8 Å². The molecule has 108 valence electrons.